The van der Waals surface area contributed by atoms with Crippen molar-refractivity contribution >= 4 is 79.0 Å². The minimum absolute atomic E-state index is 0.0639. The van der Waals surface area contributed by atoms with Crippen molar-refractivity contribution in [2.45, 2.75) is 0 Å². The monoisotopic (exact) mass is 737 g/mol. The summed E-state index contributed by atoms with van der Waals surface area (Å²) < 4.78 is 2.42. The maximum Gasteiger partial charge on any atom is 0.252 e. The molecule has 4 heteroatoms. The lowest BCUT2D eigenvalue weighted by atomic mass is 9.33. The normalized spacial score (nSPS) is 12.7. The van der Waals surface area contributed by atoms with Gasteiger partial charge < -0.3 is 14.4 Å². The Kier molecular flexibility index (Phi) is 7.33. The van der Waals surface area contributed by atoms with Crippen LogP contribution in [0.5, 0.6) is 0 Å². The zero-order valence-corrected chi connectivity index (χ0v) is 31.7. The van der Waals surface area contributed by atoms with E-state index in [9.17, 15) is 0 Å². The maximum atomic E-state index is 2.46. The molecule has 3 nitrogen and oxygen atoms in total. The lowest BCUT2D eigenvalue weighted by Gasteiger charge is -2.44. The van der Waals surface area contributed by atoms with Crippen molar-refractivity contribution in [3.8, 4) is 27.9 Å². The molecule has 270 valence electrons. The summed E-state index contributed by atoms with van der Waals surface area (Å²) >= 11 is 0. The van der Waals surface area contributed by atoms with E-state index >= 15 is 0 Å². The Hall–Kier alpha value is -7.56. The molecule has 0 bridgehead atoms. The molecule has 0 atom stereocenters. The molecule has 58 heavy (non-hydrogen) atoms. The van der Waals surface area contributed by atoms with Gasteiger partial charge in [0.1, 0.15) is 0 Å². The Bertz CT molecular complexity index is 3160. The lowest BCUT2D eigenvalue weighted by molar-refractivity contribution is 1.18. The fourth-order valence-electron chi connectivity index (χ4n) is 9.72. The van der Waals surface area contributed by atoms with Crippen molar-refractivity contribution in [2.24, 2.45) is 0 Å². The average molecular weight is 738 g/mol. The summed E-state index contributed by atoms with van der Waals surface area (Å²) in [7, 11) is 0. The highest BCUT2D eigenvalue weighted by Gasteiger charge is 2.43. The molecule has 12 rings (SSSR count). The molecular weight excluding hydrogens is 701 g/mol. The van der Waals surface area contributed by atoms with Crippen molar-refractivity contribution in [1.29, 1.82) is 0 Å². The molecular formula is C54H36BN3. The molecule has 0 saturated heterocycles. The quantitative estimate of drug-likeness (QED) is 0.163. The zero-order chi connectivity index (χ0) is 38.2. The number of aromatic nitrogens is 1. The first kappa shape index (κ1) is 32.7. The molecule has 0 N–H and O–H groups in total. The van der Waals surface area contributed by atoms with E-state index in [0.717, 1.165) is 17.1 Å². The van der Waals surface area contributed by atoms with Crippen LogP contribution >= 0.6 is 0 Å². The second-order valence-electron chi connectivity index (χ2n) is 15.3. The second-order valence-corrected chi connectivity index (χ2v) is 15.3. The van der Waals surface area contributed by atoms with Gasteiger partial charge in [-0.2, -0.15) is 0 Å². The first-order valence-corrected chi connectivity index (χ1v) is 20.1. The van der Waals surface area contributed by atoms with E-state index in [-0.39, 0.29) is 6.71 Å². The largest absolute Gasteiger partial charge is 0.311 e. The van der Waals surface area contributed by atoms with Gasteiger partial charge in [0.05, 0.1) is 11.0 Å². The smallest absolute Gasteiger partial charge is 0.252 e. The van der Waals surface area contributed by atoms with Crippen molar-refractivity contribution in [1.82, 2.24) is 4.57 Å². The Balaban J connectivity index is 1.02. The number of hydrogen-bond acceptors (Lipinski definition) is 2. The van der Waals surface area contributed by atoms with Gasteiger partial charge >= 0.3 is 0 Å². The predicted molar refractivity (Wildman–Crippen MR) is 246 cm³/mol. The maximum absolute atomic E-state index is 2.46. The summed E-state index contributed by atoms with van der Waals surface area (Å²) in [6.07, 6.45) is 0. The van der Waals surface area contributed by atoms with E-state index < -0.39 is 0 Å². The summed E-state index contributed by atoms with van der Waals surface area (Å²) in [4.78, 5) is 4.90. The molecule has 1 aromatic heterocycles. The van der Waals surface area contributed by atoms with E-state index in [1.807, 2.05) is 0 Å². The van der Waals surface area contributed by atoms with Crippen LogP contribution in [0.1, 0.15) is 0 Å². The summed E-state index contributed by atoms with van der Waals surface area (Å²) in [5.74, 6) is 0. The Labute approximate surface area is 338 Å². The first-order chi connectivity index (χ1) is 28.8. The van der Waals surface area contributed by atoms with Gasteiger partial charge in [0, 0.05) is 56.1 Å². The molecule has 2 aliphatic heterocycles. The number of anilines is 6. The van der Waals surface area contributed by atoms with E-state index in [1.54, 1.807) is 0 Å². The zero-order valence-electron chi connectivity index (χ0n) is 31.7. The second kappa shape index (κ2) is 13.0. The molecule has 0 spiro atoms. The number of para-hydroxylation sites is 6. The summed E-state index contributed by atoms with van der Waals surface area (Å²) in [5, 5.41) is 2.52. The highest BCUT2D eigenvalue weighted by Crippen LogP contribution is 2.44. The summed E-state index contributed by atoms with van der Waals surface area (Å²) in [6, 6.07) is 79.9. The highest BCUT2D eigenvalue weighted by atomic mass is 15.2. The highest BCUT2D eigenvalue weighted by molar-refractivity contribution is 7.00. The van der Waals surface area contributed by atoms with E-state index in [0.29, 0.717) is 0 Å². The molecule has 9 aromatic carbocycles. The Morgan fingerprint density at radius 1 is 0.328 bits per heavy atom. The molecule has 0 radical (unpaired) electrons. The Morgan fingerprint density at radius 3 is 1.55 bits per heavy atom. The standard InChI is InChI=1S/C54H36BN3/c1-4-16-40(17-5-1)56-49-27-13-11-25-46(49)55-47-36-39(34-35-50(47)57(41-18-6-2-7-19-41)52-29-15-28-51(56)53(52)55)37-30-32-38(33-31-37)43-23-14-24-45-44-22-10-12-26-48(44)58(54(43)45)42-20-8-3-9-21-42/h1-36H. The van der Waals surface area contributed by atoms with E-state index in [4.69, 9.17) is 0 Å². The van der Waals surface area contributed by atoms with Crippen LogP contribution in [0.2, 0.25) is 0 Å². The van der Waals surface area contributed by atoms with E-state index in [2.05, 4.69) is 233 Å². The molecule has 0 aliphatic carbocycles. The molecule has 3 heterocycles. The number of hydrogen-bond donors (Lipinski definition) is 0. The fourth-order valence-corrected chi connectivity index (χ4v) is 9.72. The van der Waals surface area contributed by atoms with Gasteiger partial charge in [0.25, 0.3) is 6.71 Å². The van der Waals surface area contributed by atoms with Crippen LogP contribution in [-0.4, -0.2) is 11.3 Å². The van der Waals surface area contributed by atoms with Crippen LogP contribution < -0.4 is 26.2 Å². The number of rotatable bonds is 5. The van der Waals surface area contributed by atoms with Crippen molar-refractivity contribution in [3.05, 3.63) is 218 Å². The minimum Gasteiger partial charge on any atom is -0.311 e. The van der Waals surface area contributed by atoms with E-state index in [1.165, 1.54) is 83.2 Å². The third-order valence-electron chi connectivity index (χ3n) is 12.2. The van der Waals surface area contributed by atoms with Gasteiger partial charge in [-0.05, 0) is 99.8 Å². The van der Waals surface area contributed by atoms with Crippen LogP contribution in [0.25, 0.3) is 49.7 Å². The Morgan fingerprint density at radius 2 is 0.845 bits per heavy atom. The fraction of sp³-hybridized carbons (Fsp3) is 0. The third-order valence-corrected chi connectivity index (χ3v) is 12.2. The van der Waals surface area contributed by atoms with Gasteiger partial charge in [0.2, 0.25) is 0 Å². The molecule has 0 saturated carbocycles. The molecule has 0 unspecified atom stereocenters. The van der Waals surface area contributed by atoms with Gasteiger partial charge in [-0.25, -0.2) is 0 Å². The van der Waals surface area contributed by atoms with Crippen LogP contribution in [0.15, 0.2) is 218 Å². The summed E-state index contributed by atoms with van der Waals surface area (Å²) in [5.41, 5.74) is 19.6. The van der Waals surface area contributed by atoms with Crippen molar-refractivity contribution < 1.29 is 0 Å². The lowest BCUT2D eigenvalue weighted by Crippen LogP contribution is -2.61. The SMILES string of the molecule is c1ccc(N2c3ccccc3B3c4cc(-c5ccc(-c6cccc7c8ccccc8n(-c8ccccc8)c67)cc5)ccc4N(c4ccccc4)c4cccc2c43)cc1. The van der Waals surface area contributed by atoms with Crippen LogP contribution in [0, 0.1) is 0 Å². The van der Waals surface area contributed by atoms with Crippen LogP contribution in [-0.2, 0) is 0 Å². The molecule has 0 amide bonds. The first-order valence-electron chi connectivity index (χ1n) is 20.1. The van der Waals surface area contributed by atoms with Crippen LogP contribution in [0.3, 0.4) is 0 Å². The number of nitrogens with zero attached hydrogens (tertiary/aromatic N) is 3. The molecule has 0 fully saturated rings. The van der Waals surface area contributed by atoms with Gasteiger partial charge in [-0.3, -0.25) is 0 Å². The van der Waals surface area contributed by atoms with Crippen LogP contribution in [0.4, 0.5) is 34.1 Å². The predicted octanol–water partition coefficient (Wildman–Crippen LogP) is 12.2. The summed E-state index contributed by atoms with van der Waals surface area (Å²) in [6.45, 7) is 0.0639. The van der Waals surface area contributed by atoms with Gasteiger partial charge in [-0.1, -0.05) is 152 Å². The molecule has 10 aromatic rings. The van der Waals surface area contributed by atoms with Crippen molar-refractivity contribution in [3.63, 3.8) is 0 Å². The minimum atomic E-state index is 0.0639. The molecule has 2 aliphatic rings. The van der Waals surface area contributed by atoms with Crippen molar-refractivity contribution in [2.75, 3.05) is 9.80 Å². The van der Waals surface area contributed by atoms with Gasteiger partial charge in [0.15, 0.2) is 0 Å². The topological polar surface area (TPSA) is 11.4 Å². The number of benzene rings is 9. The van der Waals surface area contributed by atoms with Gasteiger partial charge in [-0.15, -0.1) is 0 Å². The average Bonchev–Trinajstić information content (AvgIpc) is 3.64. The number of fused-ring (bicyclic) bond motifs is 7. The third kappa shape index (κ3) is 4.88.